The number of nitrogens with one attached hydrogen (secondary N) is 1. The summed E-state index contributed by atoms with van der Waals surface area (Å²) in [6, 6.07) is 0.646. The van der Waals surface area contributed by atoms with Gasteiger partial charge in [0.05, 0.1) is 5.92 Å². The van der Waals surface area contributed by atoms with Crippen molar-refractivity contribution in [3.63, 3.8) is 0 Å². The molecule has 2 atom stereocenters. The van der Waals surface area contributed by atoms with E-state index >= 15 is 0 Å². The van der Waals surface area contributed by atoms with Gasteiger partial charge in [-0.15, -0.1) is 0 Å². The first-order valence-electron chi connectivity index (χ1n) is 7.14. The minimum atomic E-state index is -0.925. The number of carboxylic acid groups (broad SMARTS) is 1. The SMILES string of the molecule is CC(C(=O)O)C(C)C(=O)NCCN(C)C1CCCC1. The van der Waals surface area contributed by atoms with Crippen LogP contribution in [0, 0.1) is 11.8 Å². The number of aliphatic carboxylic acids is 1. The molecule has 0 aromatic rings. The first-order valence-corrected chi connectivity index (χ1v) is 7.14. The number of rotatable bonds is 7. The Balaban J connectivity index is 2.24. The summed E-state index contributed by atoms with van der Waals surface area (Å²) in [5.74, 6) is -2.23. The molecule has 0 saturated heterocycles. The molecule has 0 aromatic heterocycles. The summed E-state index contributed by atoms with van der Waals surface area (Å²) in [5, 5.41) is 11.7. The molecule has 2 N–H and O–H groups in total. The number of nitrogens with zero attached hydrogens (tertiary/aromatic N) is 1. The van der Waals surface area contributed by atoms with Crippen LogP contribution in [0.15, 0.2) is 0 Å². The van der Waals surface area contributed by atoms with Crippen LogP contribution in [0.1, 0.15) is 39.5 Å². The van der Waals surface area contributed by atoms with Crippen molar-refractivity contribution < 1.29 is 14.7 Å². The van der Waals surface area contributed by atoms with Gasteiger partial charge in [0.25, 0.3) is 0 Å². The quantitative estimate of drug-likeness (QED) is 0.732. The topological polar surface area (TPSA) is 69.6 Å². The van der Waals surface area contributed by atoms with Gasteiger partial charge < -0.3 is 15.3 Å². The van der Waals surface area contributed by atoms with Gasteiger partial charge in [-0.2, -0.15) is 0 Å². The average Bonchev–Trinajstić information content (AvgIpc) is 2.90. The first-order chi connectivity index (χ1) is 8.93. The van der Waals surface area contributed by atoms with Crippen molar-refractivity contribution in [2.45, 2.75) is 45.6 Å². The van der Waals surface area contributed by atoms with Gasteiger partial charge in [0.1, 0.15) is 0 Å². The molecule has 5 nitrogen and oxygen atoms in total. The van der Waals surface area contributed by atoms with Gasteiger partial charge in [0.2, 0.25) is 5.91 Å². The maximum atomic E-state index is 11.8. The number of hydrogen-bond acceptors (Lipinski definition) is 3. The Morgan fingerprint density at radius 2 is 1.84 bits per heavy atom. The fraction of sp³-hybridized carbons (Fsp3) is 0.857. The first kappa shape index (κ1) is 16.0. The van der Waals surface area contributed by atoms with Gasteiger partial charge in [0, 0.05) is 25.0 Å². The van der Waals surface area contributed by atoms with E-state index < -0.39 is 17.8 Å². The molecule has 0 radical (unpaired) electrons. The summed E-state index contributed by atoms with van der Waals surface area (Å²) < 4.78 is 0. The molecule has 0 bridgehead atoms. The summed E-state index contributed by atoms with van der Waals surface area (Å²) in [5.41, 5.74) is 0. The second-order valence-electron chi connectivity index (χ2n) is 5.63. The van der Waals surface area contributed by atoms with Crippen molar-refractivity contribution in [2.75, 3.05) is 20.1 Å². The highest BCUT2D eigenvalue weighted by molar-refractivity contribution is 5.84. The summed E-state index contributed by atoms with van der Waals surface area (Å²) in [6.45, 7) is 4.64. The molecule has 1 aliphatic carbocycles. The summed E-state index contributed by atoms with van der Waals surface area (Å²) in [7, 11) is 2.09. The van der Waals surface area contributed by atoms with Crippen LogP contribution < -0.4 is 5.32 Å². The molecule has 0 aliphatic heterocycles. The van der Waals surface area contributed by atoms with E-state index in [1.165, 1.54) is 25.7 Å². The minimum absolute atomic E-state index is 0.172. The molecule has 0 aromatic carbocycles. The van der Waals surface area contributed by atoms with Crippen LogP contribution in [0.3, 0.4) is 0 Å². The Morgan fingerprint density at radius 1 is 1.26 bits per heavy atom. The molecule has 0 spiro atoms. The lowest BCUT2D eigenvalue weighted by Crippen LogP contribution is -2.40. The molecule has 1 fully saturated rings. The normalized spacial score (nSPS) is 19.4. The number of carbonyl (C=O) groups excluding carboxylic acids is 1. The second kappa shape index (κ2) is 7.48. The largest absolute Gasteiger partial charge is 0.481 e. The Labute approximate surface area is 115 Å². The predicted octanol–water partition coefficient (Wildman–Crippen LogP) is 1.33. The van der Waals surface area contributed by atoms with E-state index in [9.17, 15) is 9.59 Å². The van der Waals surface area contributed by atoms with Gasteiger partial charge in [0.15, 0.2) is 0 Å². The lowest BCUT2D eigenvalue weighted by Gasteiger charge is -2.24. The van der Waals surface area contributed by atoms with E-state index in [2.05, 4.69) is 17.3 Å². The Bertz CT molecular complexity index is 314. The zero-order chi connectivity index (χ0) is 14.4. The molecule has 1 aliphatic rings. The van der Waals surface area contributed by atoms with Crippen LogP contribution in [0.2, 0.25) is 0 Å². The Hall–Kier alpha value is -1.10. The fourth-order valence-electron chi connectivity index (χ4n) is 2.48. The van der Waals surface area contributed by atoms with E-state index in [0.29, 0.717) is 12.6 Å². The third-order valence-electron chi connectivity index (χ3n) is 4.26. The molecule has 110 valence electrons. The highest BCUT2D eigenvalue weighted by Gasteiger charge is 2.25. The Morgan fingerprint density at radius 3 is 2.37 bits per heavy atom. The van der Waals surface area contributed by atoms with Gasteiger partial charge >= 0.3 is 5.97 Å². The van der Waals surface area contributed by atoms with E-state index in [1.54, 1.807) is 13.8 Å². The van der Waals surface area contributed by atoms with Crippen LogP contribution in [-0.4, -0.2) is 48.1 Å². The van der Waals surface area contributed by atoms with Gasteiger partial charge in [-0.3, -0.25) is 9.59 Å². The maximum absolute atomic E-state index is 11.8. The van der Waals surface area contributed by atoms with Crippen molar-refractivity contribution >= 4 is 11.9 Å². The molecule has 1 saturated carbocycles. The zero-order valence-corrected chi connectivity index (χ0v) is 12.2. The van der Waals surface area contributed by atoms with Crippen LogP contribution in [0.5, 0.6) is 0 Å². The lowest BCUT2D eigenvalue weighted by atomic mass is 9.95. The Kier molecular flexibility index (Phi) is 6.28. The van der Waals surface area contributed by atoms with E-state index in [1.807, 2.05) is 0 Å². The fourth-order valence-corrected chi connectivity index (χ4v) is 2.48. The van der Waals surface area contributed by atoms with Crippen molar-refractivity contribution in [1.29, 1.82) is 0 Å². The van der Waals surface area contributed by atoms with Gasteiger partial charge in [-0.25, -0.2) is 0 Å². The molecule has 19 heavy (non-hydrogen) atoms. The number of carbonyl (C=O) groups is 2. The number of carboxylic acids is 1. The molecule has 2 unspecified atom stereocenters. The third-order valence-corrected chi connectivity index (χ3v) is 4.26. The minimum Gasteiger partial charge on any atom is -0.481 e. The van der Waals surface area contributed by atoms with Crippen LogP contribution in [0.25, 0.3) is 0 Å². The van der Waals surface area contributed by atoms with Crippen LogP contribution >= 0.6 is 0 Å². The van der Waals surface area contributed by atoms with E-state index in [0.717, 1.165) is 6.54 Å². The van der Waals surface area contributed by atoms with Crippen molar-refractivity contribution in [1.82, 2.24) is 10.2 Å². The van der Waals surface area contributed by atoms with Gasteiger partial charge in [-0.05, 0) is 19.9 Å². The molecular formula is C14H26N2O3. The number of hydrogen-bond donors (Lipinski definition) is 2. The monoisotopic (exact) mass is 270 g/mol. The standard InChI is InChI=1S/C14H26N2O3/c1-10(11(2)14(18)19)13(17)15-8-9-16(3)12-6-4-5-7-12/h10-12H,4-9H2,1-3H3,(H,15,17)(H,18,19). The maximum Gasteiger partial charge on any atom is 0.307 e. The highest BCUT2D eigenvalue weighted by atomic mass is 16.4. The van der Waals surface area contributed by atoms with Gasteiger partial charge in [-0.1, -0.05) is 26.7 Å². The number of amides is 1. The van der Waals surface area contributed by atoms with Crippen molar-refractivity contribution in [2.24, 2.45) is 11.8 Å². The smallest absolute Gasteiger partial charge is 0.307 e. The summed E-state index contributed by atoms with van der Waals surface area (Å²) in [6.07, 6.45) is 5.09. The van der Waals surface area contributed by atoms with E-state index in [-0.39, 0.29) is 5.91 Å². The summed E-state index contributed by atoms with van der Waals surface area (Å²) in [4.78, 5) is 24.9. The third kappa shape index (κ3) is 4.82. The molecule has 5 heteroatoms. The van der Waals surface area contributed by atoms with Crippen molar-refractivity contribution in [3.8, 4) is 0 Å². The number of likely N-dealkylation sites (N-methyl/N-ethyl adjacent to an activating group) is 1. The van der Waals surface area contributed by atoms with Crippen molar-refractivity contribution in [3.05, 3.63) is 0 Å². The average molecular weight is 270 g/mol. The molecule has 0 heterocycles. The van der Waals surface area contributed by atoms with Crippen LogP contribution in [-0.2, 0) is 9.59 Å². The lowest BCUT2D eigenvalue weighted by molar-refractivity contribution is -0.146. The van der Waals surface area contributed by atoms with Crippen LogP contribution in [0.4, 0.5) is 0 Å². The molecule has 1 amide bonds. The molecule has 1 rings (SSSR count). The zero-order valence-electron chi connectivity index (χ0n) is 12.2. The second-order valence-corrected chi connectivity index (χ2v) is 5.63. The van der Waals surface area contributed by atoms with E-state index in [4.69, 9.17) is 5.11 Å². The molecular weight excluding hydrogens is 244 g/mol. The highest BCUT2D eigenvalue weighted by Crippen LogP contribution is 2.21. The predicted molar refractivity (Wildman–Crippen MR) is 73.9 cm³/mol. The summed E-state index contributed by atoms with van der Waals surface area (Å²) >= 11 is 0.